The summed E-state index contributed by atoms with van der Waals surface area (Å²) in [6.45, 7) is 1.51. The van der Waals surface area contributed by atoms with Crippen molar-refractivity contribution in [3.63, 3.8) is 0 Å². The van der Waals surface area contributed by atoms with Crippen LogP contribution in [-0.2, 0) is 14.8 Å². The molecule has 1 atom stereocenters. The molecule has 1 saturated carbocycles. The first-order chi connectivity index (χ1) is 11.1. The van der Waals surface area contributed by atoms with Gasteiger partial charge >= 0.3 is 0 Å². The van der Waals surface area contributed by atoms with Gasteiger partial charge in [0.05, 0.1) is 10.8 Å². The molecule has 1 aliphatic heterocycles. The van der Waals surface area contributed by atoms with E-state index in [2.05, 4.69) is 5.32 Å². The molecule has 1 saturated heterocycles. The zero-order chi connectivity index (χ0) is 16.3. The summed E-state index contributed by atoms with van der Waals surface area (Å²) >= 11 is 0. The topological polar surface area (TPSA) is 66.5 Å². The third-order valence-electron chi connectivity index (χ3n) is 4.93. The van der Waals surface area contributed by atoms with Gasteiger partial charge in [0.1, 0.15) is 0 Å². The Balaban J connectivity index is 1.62. The molecule has 126 valence electrons. The molecular weight excluding hydrogens is 312 g/mol. The van der Waals surface area contributed by atoms with Crippen LogP contribution in [0.5, 0.6) is 0 Å². The Hall–Kier alpha value is -1.40. The van der Waals surface area contributed by atoms with E-state index >= 15 is 0 Å². The maximum Gasteiger partial charge on any atom is 0.243 e. The molecule has 1 aromatic carbocycles. The Morgan fingerprint density at radius 1 is 1.13 bits per heavy atom. The lowest BCUT2D eigenvalue weighted by Gasteiger charge is -2.32. The van der Waals surface area contributed by atoms with Crippen LogP contribution in [0.15, 0.2) is 35.2 Å². The second kappa shape index (κ2) is 7.01. The highest BCUT2D eigenvalue weighted by Gasteiger charge is 2.33. The van der Waals surface area contributed by atoms with E-state index in [1.807, 2.05) is 0 Å². The van der Waals surface area contributed by atoms with Crippen LogP contribution in [0.1, 0.15) is 32.1 Å². The van der Waals surface area contributed by atoms with Gasteiger partial charge in [-0.25, -0.2) is 8.42 Å². The average molecular weight is 336 g/mol. The molecule has 2 fully saturated rings. The molecule has 0 radical (unpaired) electrons. The van der Waals surface area contributed by atoms with Crippen LogP contribution >= 0.6 is 0 Å². The summed E-state index contributed by atoms with van der Waals surface area (Å²) in [5.41, 5.74) is 0. The zero-order valence-corrected chi connectivity index (χ0v) is 14.1. The van der Waals surface area contributed by atoms with Crippen molar-refractivity contribution < 1.29 is 13.2 Å². The fourth-order valence-electron chi connectivity index (χ4n) is 3.20. The molecule has 1 unspecified atom stereocenters. The van der Waals surface area contributed by atoms with E-state index in [0.29, 0.717) is 17.4 Å². The van der Waals surface area contributed by atoms with Gasteiger partial charge in [-0.05, 0) is 43.7 Å². The summed E-state index contributed by atoms with van der Waals surface area (Å²) in [5, 5.41) is 3.01. The van der Waals surface area contributed by atoms with Crippen LogP contribution in [0.4, 0.5) is 0 Å². The first-order valence-corrected chi connectivity index (χ1v) is 9.84. The number of hydrogen-bond acceptors (Lipinski definition) is 3. The van der Waals surface area contributed by atoms with Crippen LogP contribution in [0.3, 0.4) is 0 Å². The van der Waals surface area contributed by atoms with Gasteiger partial charge in [0.15, 0.2) is 0 Å². The Kier molecular flexibility index (Phi) is 5.02. The second-order valence-electron chi connectivity index (χ2n) is 6.56. The average Bonchev–Trinajstić information content (AvgIpc) is 2.54. The number of sulfonamides is 1. The lowest BCUT2D eigenvalue weighted by molar-refractivity contribution is -0.126. The molecule has 0 spiro atoms. The van der Waals surface area contributed by atoms with Gasteiger partial charge in [-0.2, -0.15) is 4.31 Å². The van der Waals surface area contributed by atoms with Crippen molar-refractivity contribution in [3.05, 3.63) is 30.3 Å². The summed E-state index contributed by atoms with van der Waals surface area (Å²) < 4.78 is 26.8. The predicted molar refractivity (Wildman–Crippen MR) is 88.3 cm³/mol. The fraction of sp³-hybridized carbons (Fsp3) is 0.588. The molecule has 3 rings (SSSR count). The van der Waals surface area contributed by atoms with E-state index in [1.165, 1.54) is 23.6 Å². The first-order valence-electron chi connectivity index (χ1n) is 8.40. The van der Waals surface area contributed by atoms with Crippen LogP contribution in [0.25, 0.3) is 0 Å². The van der Waals surface area contributed by atoms with Gasteiger partial charge in [-0.3, -0.25) is 4.79 Å². The third-order valence-corrected chi connectivity index (χ3v) is 6.80. The molecule has 0 bridgehead atoms. The SMILES string of the molecule is O=C(NCC1CCC1)C1CCCN(S(=O)(=O)c2ccccc2)C1. The highest BCUT2D eigenvalue weighted by molar-refractivity contribution is 7.89. The van der Waals surface area contributed by atoms with Crippen molar-refractivity contribution in [2.75, 3.05) is 19.6 Å². The summed E-state index contributed by atoms with van der Waals surface area (Å²) in [6.07, 6.45) is 5.14. The summed E-state index contributed by atoms with van der Waals surface area (Å²) in [6, 6.07) is 8.45. The highest BCUT2D eigenvalue weighted by atomic mass is 32.2. The molecule has 0 aromatic heterocycles. The molecule has 1 aliphatic carbocycles. The van der Waals surface area contributed by atoms with Crippen LogP contribution in [0.2, 0.25) is 0 Å². The maximum absolute atomic E-state index is 12.7. The molecule has 2 aliphatic rings. The van der Waals surface area contributed by atoms with Crippen molar-refractivity contribution in [3.8, 4) is 0 Å². The Morgan fingerprint density at radius 2 is 1.87 bits per heavy atom. The largest absolute Gasteiger partial charge is 0.356 e. The van der Waals surface area contributed by atoms with E-state index in [9.17, 15) is 13.2 Å². The first kappa shape index (κ1) is 16.5. The van der Waals surface area contributed by atoms with E-state index in [1.54, 1.807) is 30.3 Å². The quantitative estimate of drug-likeness (QED) is 0.894. The minimum atomic E-state index is -3.50. The van der Waals surface area contributed by atoms with Gasteiger partial charge in [0.25, 0.3) is 0 Å². The number of rotatable bonds is 5. The van der Waals surface area contributed by atoms with Gasteiger partial charge < -0.3 is 5.32 Å². The Morgan fingerprint density at radius 3 is 2.52 bits per heavy atom. The molecule has 1 N–H and O–H groups in total. The van der Waals surface area contributed by atoms with Gasteiger partial charge in [0, 0.05) is 19.6 Å². The van der Waals surface area contributed by atoms with E-state index in [0.717, 1.165) is 19.4 Å². The number of nitrogens with one attached hydrogen (secondary N) is 1. The standard InChI is InChI=1S/C17H24N2O3S/c20-17(18-12-14-6-4-7-14)15-8-5-11-19(13-15)23(21,22)16-9-2-1-3-10-16/h1-3,9-10,14-15H,4-8,11-13H2,(H,18,20). The molecular formula is C17H24N2O3S. The highest BCUT2D eigenvalue weighted by Crippen LogP contribution is 2.26. The number of hydrogen-bond donors (Lipinski definition) is 1. The van der Waals surface area contributed by atoms with Crippen molar-refractivity contribution in [2.24, 2.45) is 11.8 Å². The maximum atomic E-state index is 12.7. The normalized spacial score (nSPS) is 23.2. The number of nitrogens with zero attached hydrogens (tertiary/aromatic N) is 1. The molecule has 6 heteroatoms. The third kappa shape index (κ3) is 3.75. The monoisotopic (exact) mass is 336 g/mol. The van der Waals surface area contributed by atoms with E-state index < -0.39 is 10.0 Å². The molecule has 1 amide bonds. The predicted octanol–water partition coefficient (Wildman–Crippen LogP) is 2.00. The summed E-state index contributed by atoms with van der Waals surface area (Å²) in [4.78, 5) is 12.6. The number of amides is 1. The number of carbonyl (C=O) groups is 1. The Labute approximate surface area is 138 Å². The number of carbonyl (C=O) groups excluding carboxylic acids is 1. The van der Waals surface area contributed by atoms with Crippen molar-refractivity contribution >= 4 is 15.9 Å². The van der Waals surface area contributed by atoms with Crippen LogP contribution < -0.4 is 5.32 Å². The summed E-state index contributed by atoms with van der Waals surface area (Å²) in [5.74, 6) is 0.388. The van der Waals surface area contributed by atoms with Crippen molar-refractivity contribution in [1.29, 1.82) is 0 Å². The smallest absolute Gasteiger partial charge is 0.243 e. The van der Waals surface area contributed by atoms with Gasteiger partial charge in [-0.1, -0.05) is 24.6 Å². The molecule has 5 nitrogen and oxygen atoms in total. The molecule has 1 heterocycles. The minimum Gasteiger partial charge on any atom is -0.356 e. The van der Waals surface area contributed by atoms with Crippen molar-refractivity contribution in [2.45, 2.75) is 37.0 Å². The van der Waals surface area contributed by atoms with E-state index in [-0.39, 0.29) is 18.4 Å². The van der Waals surface area contributed by atoms with Gasteiger partial charge in [0.2, 0.25) is 15.9 Å². The van der Waals surface area contributed by atoms with Gasteiger partial charge in [-0.15, -0.1) is 0 Å². The number of benzene rings is 1. The van der Waals surface area contributed by atoms with E-state index in [4.69, 9.17) is 0 Å². The second-order valence-corrected chi connectivity index (χ2v) is 8.50. The zero-order valence-electron chi connectivity index (χ0n) is 13.3. The molecule has 23 heavy (non-hydrogen) atoms. The number of piperidine rings is 1. The lowest BCUT2D eigenvalue weighted by Crippen LogP contribution is -2.46. The van der Waals surface area contributed by atoms with Crippen molar-refractivity contribution in [1.82, 2.24) is 9.62 Å². The summed E-state index contributed by atoms with van der Waals surface area (Å²) in [7, 11) is -3.50. The lowest BCUT2D eigenvalue weighted by atomic mass is 9.85. The fourth-order valence-corrected chi connectivity index (χ4v) is 4.75. The van der Waals surface area contributed by atoms with Crippen LogP contribution in [0, 0.1) is 11.8 Å². The Bertz CT molecular complexity index is 641. The van der Waals surface area contributed by atoms with Crippen LogP contribution in [-0.4, -0.2) is 38.3 Å². The minimum absolute atomic E-state index is 0.00450. The molecule has 1 aromatic rings.